The van der Waals surface area contributed by atoms with Gasteiger partial charge in [-0.05, 0) is 19.1 Å². The van der Waals surface area contributed by atoms with Gasteiger partial charge in [0.05, 0.1) is 10.4 Å². The molecule has 1 aliphatic carbocycles. The fourth-order valence-corrected chi connectivity index (χ4v) is 1.65. The number of nitrogens with zero attached hydrogens (tertiary/aromatic N) is 1. The molecule has 0 heterocycles. The summed E-state index contributed by atoms with van der Waals surface area (Å²) in [6.07, 6.45) is 4.67. The van der Waals surface area contributed by atoms with Gasteiger partial charge < -0.3 is 5.21 Å². The molecule has 1 rings (SSSR count). The maximum atomic E-state index is 8.55. The normalized spacial score (nSPS) is 30.6. The molecule has 2 nitrogen and oxygen atoms in total. The maximum Gasteiger partial charge on any atom is 0.202 e. The molecule has 0 aromatic heterocycles. The standard InChI is InChI=1S/C8H7Cl4NO/c1-7(8(10,11)12)3-2-6(13-14)5(9)4-7/h2-4,14H,1H3/b13-6+. The maximum absolute atomic E-state index is 8.55. The van der Waals surface area contributed by atoms with Crippen LogP contribution in [-0.2, 0) is 0 Å². The van der Waals surface area contributed by atoms with Crippen LogP contribution in [0.25, 0.3) is 0 Å². The zero-order chi connectivity index (χ0) is 11.0. The van der Waals surface area contributed by atoms with Gasteiger partial charge in [-0.1, -0.05) is 57.6 Å². The Morgan fingerprint density at radius 1 is 1.43 bits per heavy atom. The van der Waals surface area contributed by atoms with E-state index in [1.54, 1.807) is 13.0 Å². The molecule has 0 saturated carbocycles. The van der Waals surface area contributed by atoms with Crippen LogP contribution in [0.1, 0.15) is 6.92 Å². The molecule has 0 radical (unpaired) electrons. The second-order valence-corrected chi connectivity index (χ2v) is 5.78. The molecule has 1 aliphatic rings. The first-order valence-electron chi connectivity index (χ1n) is 3.67. The van der Waals surface area contributed by atoms with E-state index in [2.05, 4.69) is 5.16 Å². The predicted molar refractivity (Wildman–Crippen MR) is 60.7 cm³/mol. The fourth-order valence-electron chi connectivity index (χ4n) is 0.974. The van der Waals surface area contributed by atoms with E-state index in [1.807, 2.05) is 0 Å². The number of oxime groups is 1. The van der Waals surface area contributed by atoms with Crippen molar-refractivity contribution in [3.8, 4) is 0 Å². The Kier molecular flexibility index (Phi) is 3.42. The highest BCUT2D eigenvalue weighted by Crippen LogP contribution is 2.48. The average molecular weight is 275 g/mol. The highest BCUT2D eigenvalue weighted by atomic mass is 35.6. The van der Waals surface area contributed by atoms with E-state index >= 15 is 0 Å². The molecule has 78 valence electrons. The highest BCUT2D eigenvalue weighted by Gasteiger charge is 2.42. The van der Waals surface area contributed by atoms with E-state index in [0.717, 1.165) is 0 Å². The number of halogens is 4. The Morgan fingerprint density at radius 3 is 2.36 bits per heavy atom. The van der Waals surface area contributed by atoms with Crippen LogP contribution in [0.5, 0.6) is 0 Å². The largest absolute Gasteiger partial charge is 0.410 e. The number of hydrogen-bond acceptors (Lipinski definition) is 2. The summed E-state index contributed by atoms with van der Waals surface area (Å²) in [5.41, 5.74) is -0.554. The summed E-state index contributed by atoms with van der Waals surface area (Å²) in [6, 6.07) is 0. The average Bonchev–Trinajstić information content (AvgIpc) is 2.02. The summed E-state index contributed by atoms with van der Waals surface area (Å²) in [6.45, 7) is 1.72. The van der Waals surface area contributed by atoms with E-state index in [0.29, 0.717) is 0 Å². The van der Waals surface area contributed by atoms with Crippen LogP contribution in [0.15, 0.2) is 28.4 Å². The molecule has 0 aromatic carbocycles. The lowest BCUT2D eigenvalue weighted by Gasteiger charge is -2.32. The van der Waals surface area contributed by atoms with Crippen molar-refractivity contribution in [2.45, 2.75) is 10.7 Å². The van der Waals surface area contributed by atoms with Gasteiger partial charge in [-0.2, -0.15) is 0 Å². The second-order valence-electron chi connectivity index (χ2n) is 3.09. The van der Waals surface area contributed by atoms with Crippen molar-refractivity contribution >= 4 is 52.1 Å². The third-order valence-corrected chi connectivity index (χ3v) is 3.50. The first-order chi connectivity index (χ1) is 6.30. The van der Waals surface area contributed by atoms with Gasteiger partial charge in [0.2, 0.25) is 3.79 Å². The van der Waals surface area contributed by atoms with Crippen LogP contribution >= 0.6 is 46.4 Å². The van der Waals surface area contributed by atoms with E-state index in [-0.39, 0.29) is 10.7 Å². The Morgan fingerprint density at radius 2 is 2.00 bits per heavy atom. The molecule has 6 heteroatoms. The summed E-state index contributed by atoms with van der Waals surface area (Å²) in [5.74, 6) is 0. The first kappa shape index (κ1) is 12.2. The minimum absolute atomic E-state index is 0.249. The summed E-state index contributed by atoms with van der Waals surface area (Å²) in [5, 5.41) is 11.8. The second kappa shape index (κ2) is 3.93. The number of alkyl halides is 3. The molecule has 0 spiro atoms. The zero-order valence-corrected chi connectivity index (χ0v) is 10.2. The molecule has 0 fully saturated rings. The molecule has 0 bridgehead atoms. The molecule has 1 N–H and O–H groups in total. The molecule has 14 heavy (non-hydrogen) atoms. The monoisotopic (exact) mass is 273 g/mol. The smallest absolute Gasteiger partial charge is 0.202 e. The van der Waals surface area contributed by atoms with Crippen molar-refractivity contribution in [2.24, 2.45) is 10.6 Å². The minimum atomic E-state index is -1.50. The SMILES string of the molecule is CC1(C(Cl)(Cl)Cl)C=C/C(=N\O)C(Cl)=C1. The highest BCUT2D eigenvalue weighted by molar-refractivity contribution is 6.68. The van der Waals surface area contributed by atoms with Gasteiger partial charge in [-0.25, -0.2) is 0 Å². The van der Waals surface area contributed by atoms with Gasteiger partial charge >= 0.3 is 0 Å². The van der Waals surface area contributed by atoms with Crippen molar-refractivity contribution in [1.82, 2.24) is 0 Å². The Hall–Kier alpha value is 0.110. The summed E-state index contributed by atoms with van der Waals surface area (Å²) in [4.78, 5) is 0. The van der Waals surface area contributed by atoms with Gasteiger partial charge in [0, 0.05) is 0 Å². The number of hydrogen-bond donors (Lipinski definition) is 1. The number of allylic oxidation sites excluding steroid dienone is 4. The van der Waals surface area contributed by atoms with Gasteiger partial charge in [-0.3, -0.25) is 0 Å². The lowest BCUT2D eigenvalue weighted by molar-refractivity contribution is 0.319. The predicted octanol–water partition coefficient (Wildman–Crippen LogP) is 3.89. The molecule has 0 aliphatic heterocycles. The van der Waals surface area contributed by atoms with Crippen molar-refractivity contribution < 1.29 is 5.21 Å². The first-order valence-corrected chi connectivity index (χ1v) is 5.18. The minimum Gasteiger partial charge on any atom is -0.410 e. The van der Waals surface area contributed by atoms with Crippen molar-refractivity contribution in [2.75, 3.05) is 0 Å². The van der Waals surface area contributed by atoms with Crippen LogP contribution in [0.2, 0.25) is 0 Å². The molecular formula is C8H7Cl4NO. The fraction of sp³-hybridized carbons (Fsp3) is 0.375. The van der Waals surface area contributed by atoms with Crippen LogP contribution in [0.3, 0.4) is 0 Å². The molecular weight excluding hydrogens is 268 g/mol. The molecule has 1 unspecified atom stereocenters. The third-order valence-electron chi connectivity index (χ3n) is 1.98. The molecule has 0 amide bonds. The van der Waals surface area contributed by atoms with Crippen molar-refractivity contribution in [3.05, 3.63) is 23.3 Å². The van der Waals surface area contributed by atoms with E-state index in [4.69, 9.17) is 51.6 Å². The van der Waals surface area contributed by atoms with E-state index in [1.165, 1.54) is 12.2 Å². The lowest BCUT2D eigenvalue weighted by atomic mass is 9.87. The van der Waals surface area contributed by atoms with Crippen LogP contribution < -0.4 is 0 Å². The Bertz CT molecular complexity index is 329. The van der Waals surface area contributed by atoms with Gasteiger partial charge in [0.15, 0.2) is 0 Å². The Labute approximate surface area is 102 Å². The summed E-state index contributed by atoms with van der Waals surface area (Å²) in [7, 11) is 0. The number of rotatable bonds is 0. The van der Waals surface area contributed by atoms with E-state index in [9.17, 15) is 0 Å². The summed E-state index contributed by atoms with van der Waals surface area (Å²) < 4.78 is -1.50. The van der Waals surface area contributed by atoms with Gasteiger partial charge in [0.25, 0.3) is 0 Å². The van der Waals surface area contributed by atoms with E-state index < -0.39 is 9.21 Å². The quantitative estimate of drug-likeness (QED) is 0.406. The molecule has 0 aromatic rings. The molecule has 0 saturated heterocycles. The Balaban J connectivity index is 3.11. The third kappa shape index (κ3) is 2.19. The summed E-state index contributed by atoms with van der Waals surface area (Å²) >= 11 is 23.2. The topological polar surface area (TPSA) is 32.6 Å². The van der Waals surface area contributed by atoms with Crippen LogP contribution in [0.4, 0.5) is 0 Å². The van der Waals surface area contributed by atoms with Crippen molar-refractivity contribution in [3.63, 3.8) is 0 Å². The van der Waals surface area contributed by atoms with Gasteiger partial charge in [0.1, 0.15) is 5.71 Å². The lowest BCUT2D eigenvalue weighted by Crippen LogP contribution is -2.30. The van der Waals surface area contributed by atoms with Crippen molar-refractivity contribution in [1.29, 1.82) is 0 Å². The molecule has 1 atom stereocenters. The van der Waals surface area contributed by atoms with Gasteiger partial charge in [-0.15, -0.1) is 0 Å². The van der Waals surface area contributed by atoms with Crippen LogP contribution in [-0.4, -0.2) is 14.7 Å². The zero-order valence-electron chi connectivity index (χ0n) is 7.14. The van der Waals surface area contributed by atoms with Crippen LogP contribution in [0, 0.1) is 5.41 Å².